The minimum atomic E-state index is -0.269. The highest BCUT2D eigenvalue weighted by atomic mass is 19.1. The fourth-order valence-electron chi connectivity index (χ4n) is 2.26. The molecule has 1 heterocycles. The predicted octanol–water partition coefficient (Wildman–Crippen LogP) is 3.27. The van der Waals surface area contributed by atoms with E-state index < -0.39 is 0 Å². The third-order valence-electron chi connectivity index (χ3n) is 3.26. The average molecular weight is 277 g/mol. The zero-order valence-corrected chi connectivity index (χ0v) is 12.1. The van der Waals surface area contributed by atoms with Crippen molar-refractivity contribution >= 4 is 0 Å². The monoisotopic (exact) mass is 277 g/mol. The molecule has 0 spiro atoms. The molecule has 2 rings (SSSR count). The zero-order chi connectivity index (χ0) is 14.7. The van der Waals surface area contributed by atoms with Crippen LogP contribution in [0.1, 0.15) is 37.6 Å². The van der Waals surface area contributed by atoms with Crippen LogP contribution in [0, 0.1) is 18.7 Å². The molecule has 0 saturated carbocycles. The van der Waals surface area contributed by atoms with Crippen molar-refractivity contribution < 1.29 is 8.91 Å². The van der Waals surface area contributed by atoms with E-state index in [-0.39, 0.29) is 11.7 Å². The summed E-state index contributed by atoms with van der Waals surface area (Å²) in [6.45, 7) is 6.55. The van der Waals surface area contributed by atoms with Crippen LogP contribution in [0.2, 0.25) is 0 Å². The molecule has 1 aromatic heterocycles. The van der Waals surface area contributed by atoms with Crippen LogP contribution in [0.15, 0.2) is 22.7 Å². The summed E-state index contributed by atoms with van der Waals surface area (Å²) in [4.78, 5) is 4.41. The van der Waals surface area contributed by atoms with Crippen LogP contribution < -0.4 is 5.73 Å². The van der Waals surface area contributed by atoms with Gasteiger partial charge in [-0.05, 0) is 43.0 Å². The van der Waals surface area contributed by atoms with Crippen molar-refractivity contribution in [2.24, 2.45) is 11.7 Å². The highest BCUT2D eigenvalue weighted by Gasteiger charge is 2.20. The van der Waals surface area contributed by atoms with E-state index in [2.05, 4.69) is 24.0 Å². The Balaban J connectivity index is 2.27. The van der Waals surface area contributed by atoms with Gasteiger partial charge in [-0.2, -0.15) is 4.98 Å². The van der Waals surface area contributed by atoms with Gasteiger partial charge < -0.3 is 10.3 Å². The van der Waals surface area contributed by atoms with Crippen molar-refractivity contribution in [1.29, 1.82) is 0 Å². The van der Waals surface area contributed by atoms with E-state index in [1.165, 1.54) is 12.1 Å². The van der Waals surface area contributed by atoms with Gasteiger partial charge in [-0.15, -0.1) is 0 Å². The van der Waals surface area contributed by atoms with Crippen molar-refractivity contribution in [2.75, 3.05) is 6.54 Å². The van der Waals surface area contributed by atoms with E-state index in [0.717, 1.165) is 17.5 Å². The first-order valence-electron chi connectivity index (χ1n) is 6.81. The lowest BCUT2D eigenvalue weighted by molar-refractivity contribution is 0.335. The summed E-state index contributed by atoms with van der Waals surface area (Å²) >= 11 is 0. The zero-order valence-electron chi connectivity index (χ0n) is 12.1. The Kier molecular flexibility index (Phi) is 4.49. The minimum Gasteiger partial charge on any atom is -0.339 e. The molecule has 1 atom stereocenters. The largest absolute Gasteiger partial charge is 0.339 e. The molecule has 1 aromatic carbocycles. The molecular weight excluding hydrogens is 257 g/mol. The number of rotatable bonds is 5. The van der Waals surface area contributed by atoms with E-state index in [1.54, 1.807) is 6.07 Å². The summed E-state index contributed by atoms with van der Waals surface area (Å²) in [6.07, 6.45) is 0.903. The van der Waals surface area contributed by atoms with Gasteiger partial charge in [-0.25, -0.2) is 4.39 Å². The number of halogens is 1. The summed E-state index contributed by atoms with van der Waals surface area (Å²) in [5, 5.41) is 3.99. The van der Waals surface area contributed by atoms with Crippen molar-refractivity contribution in [1.82, 2.24) is 10.1 Å². The maximum atomic E-state index is 13.1. The maximum Gasteiger partial charge on any atom is 0.231 e. The molecule has 0 fully saturated rings. The van der Waals surface area contributed by atoms with Gasteiger partial charge in [0.05, 0.1) is 5.92 Å². The van der Waals surface area contributed by atoms with Gasteiger partial charge >= 0.3 is 0 Å². The highest BCUT2D eigenvalue weighted by molar-refractivity contribution is 5.59. The second-order valence-corrected chi connectivity index (χ2v) is 5.48. The molecule has 108 valence electrons. The molecule has 0 amide bonds. The lowest BCUT2D eigenvalue weighted by atomic mass is 9.97. The third kappa shape index (κ3) is 3.22. The van der Waals surface area contributed by atoms with E-state index in [4.69, 9.17) is 10.3 Å². The number of nitrogens with zero attached hydrogens (tertiary/aromatic N) is 2. The Morgan fingerprint density at radius 1 is 1.35 bits per heavy atom. The first kappa shape index (κ1) is 14.7. The minimum absolute atomic E-state index is 0.0667. The summed E-state index contributed by atoms with van der Waals surface area (Å²) in [5.41, 5.74) is 7.34. The van der Waals surface area contributed by atoms with Gasteiger partial charge in [0.25, 0.3) is 0 Å². The lowest BCUT2D eigenvalue weighted by Gasteiger charge is -2.11. The van der Waals surface area contributed by atoms with Crippen LogP contribution in [-0.2, 0) is 0 Å². The maximum absolute atomic E-state index is 13.1. The summed E-state index contributed by atoms with van der Waals surface area (Å²) in [6, 6.07) is 4.52. The third-order valence-corrected chi connectivity index (χ3v) is 3.26. The fourth-order valence-corrected chi connectivity index (χ4v) is 2.26. The average Bonchev–Trinajstić information content (AvgIpc) is 2.85. The number of aromatic nitrogens is 2. The SMILES string of the molecule is Cc1cc(F)ccc1-c1noc(C(CN)CC(C)C)n1. The van der Waals surface area contributed by atoms with E-state index in [1.807, 2.05) is 6.92 Å². The van der Waals surface area contributed by atoms with Crippen LogP contribution >= 0.6 is 0 Å². The molecule has 20 heavy (non-hydrogen) atoms. The Labute approximate surface area is 118 Å². The first-order chi connectivity index (χ1) is 9.51. The summed E-state index contributed by atoms with van der Waals surface area (Å²) in [5.74, 6) is 1.35. The number of aryl methyl sites for hydroxylation is 1. The topological polar surface area (TPSA) is 64.9 Å². The molecule has 4 nitrogen and oxygen atoms in total. The van der Waals surface area contributed by atoms with Gasteiger partial charge in [-0.3, -0.25) is 0 Å². The van der Waals surface area contributed by atoms with Crippen molar-refractivity contribution in [3.05, 3.63) is 35.5 Å². The van der Waals surface area contributed by atoms with Crippen LogP contribution in [-0.4, -0.2) is 16.7 Å². The van der Waals surface area contributed by atoms with Gasteiger partial charge in [0.1, 0.15) is 5.82 Å². The van der Waals surface area contributed by atoms with Crippen LogP contribution in [0.4, 0.5) is 4.39 Å². The molecular formula is C15H20FN3O. The van der Waals surface area contributed by atoms with Crippen molar-refractivity contribution in [3.63, 3.8) is 0 Å². The molecule has 2 aromatic rings. The van der Waals surface area contributed by atoms with Crippen LogP contribution in [0.5, 0.6) is 0 Å². The van der Waals surface area contributed by atoms with Crippen LogP contribution in [0.3, 0.4) is 0 Å². The lowest BCUT2D eigenvalue weighted by Crippen LogP contribution is -2.15. The number of benzene rings is 1. The quantitative estimate of drug-likeness (QED) is 0.911. The Morgan fingerprint density at radius 3 is 2.70 bits per heavy atom. The van der Waals surface area contributed by atoms with Gasteiger partial charge in [0.15, 0.2) is 0 Å². The summed E-state index contributed by atoms with van der Waals surface area (Å²) in [7, 11) is 0. The van der Waals surface area contributed by atoms with E-state index >= 15 is 0 Å². The number of hydrogen-bond donors (Lipinski definition) is 1. The number of hydrogen-bond acceptors (Lipinski definition) is 4. The highest BCUT2D eigenvalue weighted by Crippen LogP contribution is 2.26. The molecule has 1 unspecified atom stereocenters. The van der Waals surface area contributed by atoms with Gasteiger partial charge in [0.2, 0.25) is 11.7 Å². The molecule has 0 aliphatic heterocycles. The normalized spacial score (nSPS) is 12.9. The smallest absolute Gasteiger partial charge is 0.231 e. The molecule has 0 saturated heterocycles. The van der Waals surface area contributed by atoms with Gasteiger partial charge in [0, 0.05) is 12.1 Å². The molecule has 0 aliphatic carbocycles. The Morgan fingerprint density at radius 2 is 2.10 bits per heavy atom. The first-order valence-corrected chi connectivity index (χ1v) is 6.81. The van der Waals surface area contributed by atoms with Crippen molar-refractivity contribution in [2.45, 2.75) is 33.1 Å². The van der Waals surface area contributed by atoms with E-state index in [9.17, 15) is 4.39 Å². The standard InChI is InChI=1S/C15H20FN3O/c1-9(2)6-11(8-17)15-18-14(19-20-15)13-5-4-12(16)7-10(13)3/h4-5,7,9,11H,6,8,17H2,1-3H3. The molecule has 2 N–H and O–H groups in total. The second kappa shape index (κ2) is 6.13. The predicted molar refractivity (Wildman–Crippen MR) is 75.7 cm³/mol. The Hall–Kier alpha value is -1.75. The van der Waals surface area contributed by atoms with Gasteiger partial charge in [-0.1, -0.05) is 19.0 Å². The fraction of sp³-hybridized carbons (Fsp3) is 0.467. The van der Waals surface area contributed by atoms with Crippen molar-refractivity contribution in [3.8, 4) is 11.4 Å². The van der Waals surface area contributed by atoms with E-state index in [0.29, 0.717) is 24.2 Å². The molecule has 5 heteroatoms. The number of nitrogens with two attached hydrogens (primary N) is 1. The Bertz CT molecular complexity index is 580. The second-order valence-electron chi connectivity index (χ2n) is 5.48. The molecule has 0 aliphatic rings. The molecule has 0 bridgehead atoms. The molecule has 0 radical (unpaired) electrons. The van der Waals surface area contributed by atoms with Crippen LogP contribution in [0.25, 0.3) is 11.4 Å². The summed E-state index contributed by atoms with van der Waals surface area (Å²) < 4.78 is 18.4.